The Balaban J connectivity index is 1.73. The number of benzene rings is 1. The summed E-state index contributed by atoms with van der Waals surface area (Å²) in [5.74, 6) is 0.831. The highest BCUT2D eigenvalue weighted by atomic mass is 32.1. The molecule has 2 aromatic rings. The summed E-state index contributed by atoms with van der Waals surface area (Å²) in [4.78, 5) is 1.28. The predicted octanol–water partition coefficient (Wildman–Crippen LogP) is 3.15. The first-order valence-electron chi connectivity index (χ1n) is 6.80. The molecule has 0 saturated carbocycles. The van der Waals surface area contributed by atoms with Crippen LogP contribution in [0.15, 0.2) is 41.8 Å². The smallest absolute Gasteiger partial charge is 0.122 e. The number of aliphatic hydroxyl groups is 1. The number of rotatable bonds is 7. The van der Waals surface area contributed by atoms with E-state index >= 15 is 0 Å². The summed E-state index contributed by atoms with van der Waals surface area (Å²) >= 11 is 1.72. The lowest BCUT2D eigenvalue weighted by Gasteiger charge is -2.17. The van der Waals surface area contributed by atoms with Gasteiger partial charge in [-0.25, -0.2) is 0 Å². The summed E-state index contributed by atoms with van der Waals surface area (Å²) in [7, 11) is 0. The van der Waals surface area contributed by atoms with Gasteiger partial charge in [-0.2, -0.15) is 0 Å². The van der Waals surface area contributed by atoms with E-state index in [1.807, 2.05) is 37.3 Å². The van der Waals surface area contributed by atoms with Crippen molar-refractivity contribution >= 4 is 11.3 Å². The highest BCUT2D eigenvalue weighted by molar-refractivity contribution is 7.10. The summed E-state index contributed by atoms with van der Waals surface area (Å²) < 4.78 is 5.63. The summed E-state index contributed by atoms with van der Waals surface area (Å²) in [6, 6.07) is 12.2. The van der Waals surface area contributed by atoms with Gasteiger partial charge in [-0.3, -0.25) is 0 Å². The second-order valence-corrected chi connectivity index (χ2v) is 5.85. The van der Waals surface area contributed by atoms with E-state index in [1.54, 1.807) is 11.3 Å². The molecule has 0 bridgehead atoms. The molecule has 1 unspecified atom stereocenters. The minimum absolute atomic E-state index is 0.253. The van der Waals surface area contributed by atoms with Crippen molar-refractivity contribution in [1.29, 1.82) is 0 Å². The molecule has 2 atom stereocenters. The van der Waals surface area contributed by atoms with Crippen molar-refractivity contribution in [3.8, 4) is 5.75 Å². The van der Waals surface area contributed by atoms with E-state index in [2.05, 4.69) is 23.7 Å². The summed E-state index contributed by atoms with van der Waals surface area (Å²) in [5, 5.41) is 15.3. The number of hydrogen-bond acceptors (Lipinski definition) is 4. The van der Waals surface area contributed by atoms with Crippen molar-refractivity contribution in [1.82, 2.24) is 5.32 Å². The van der Waals surface area contributed by atoms with Crippen LogP contribution < -0.4 is 10.1 Å². The molecule has 1 aromatic carbocycles. The minimum atomic E-state index is -0.517. The van der Waals surface area contributed by atoms with Gasteiger partial charge in [0.15, 0.2) is 0 Å². The Morgan fingerprint density at radius 3 is 2.75 bits per heavy atom. The van der Waals surface area contributed by atoms with Crippen LogP contribution in [0, 0.1) is 6.92 Å². The predicted molar refractivity (Wildman–Crippen MR) is 83.4 cm³/mol. The highest BCUT2D eigenvalue weighted by Crippen LogP contribution is 2.18. The van der Waals surface area contributed by atoms with Crippen LogP contribution in [0.25, 0.3) is 0 Å². The molecule has 0 saturated heterocycles. The third kappa shape index (κ3) is 4.34. The van der Waals surface area contributed by atoms with E-state index in [-0.39, 0.29) is 6.04 Å². The number of aliphatic hydroxyl groups excluding tert-OH is 1. The fraction of sp³-hybridized carbons (Fsp3) is 0.375. The Morgan fingerprint density at radius 2 is 2.05 bits per heavy atom. The lowest BCUT2D eigenvalue weighted by molar-refractivity contribution is 0.104. The number of para-hydroxylation sites is 1. The summed E-state index contributed by atoms with van der Waals surface area (Å²) in [5.41, 5.74) is 1.08. The maximum Gasteiger partial charge on any atom is 0.122 e. The monoisotopic (exact) mass is 291 g/mol. The van der Waals surface area contributed by atoms with Gasteiger partial charge in [-0.05, 0) is 36.9 Å². The molecule has 4 heteroatoms. The van der Waals surface area contributed by atoms with Crippen LogP contribution in [0.1, 0.15) is 23.4 Å². The number of nitrogens with one attached hydrogen (secondary N) is 1. The molecule has 3 nitrogen and oxygen atoms in total. The van der Waals surface area contributed by atoms with Crippen LogP contribution in [-0.4, -0.2) is 24.4 Å². The average Bonchev–Trinajstić information content (AvgIpc) is 2.98. The minimum Gasteiger partial charge on any atom is -0.491 e. The van der Waals surface area contributed by atoms with Crippen LogP contribution in [0.4, 0.5) is 0 Å². The fourth-order valence-electron chi connectivity index (χ4n) is 1.91. The Labute approximate surface area is 124 Å². The topological polar surface area (TPSA) is 41.5 Å². The fourth-order valence-corrected chi connectivity index (χ4v) is 2.67. The van der Waals surface area contributed by atoms with Gasteiger partial charge in [-0.1, -0.05) is 24.3 Å². The molecule has 20 heavy (non-hydrogen) atoms. The third-order valence-electron chi connectivity index (χ3n) is 3.15. The Kier molecular flexibility index (Phi) is 5.59. The van der Waals surface area contributed by atoms with Gasteiger partial charge in [-0.15, -0.1) is 11.3 Å². The van der Waals surface area contributed by atoms with E-state index in [1.165, 1.54) is 4.88 Å². The zero-order chi connectivity index (χ0) is 14.4. The molecule has 0 radical (unpaired) electrons. The zero-order valence-electron chi connectivity index (χ0n) is 11.9. The van der Waals surface area contributed by atoms with Crippen LogP contribution >= 0.6 is 11.3 Å². The molecule has 0 aliphatic heterocycles. The van der Waals surface area contributed by atoms with Gasteiger partial charge in [0.05, 0.1) is 0 Å². The van der Waals surface area contributed by atoms with Gasteiger partial charge < -0.3 is 15.2 Å². The van der Waals surface area contributed by atoms with Crippen molar-refractivity contribution in [2.75, 3.05) is 13.2 Å². The molecule has 0 amide bonds. The van der Waals surface area contributed by atoms with Crippen LogP contribution in [0.2, 0.25) is 0 Å². The van der Waals surface area contributed by atoms with Crippen LogP contribution in [-0.2, 0) is 0 Å². The largest absolute Gasteiger partial charge is 0.491 e. The van der Waals surface area contributed by atoms with Crippen molar-refractivity contribution in [2.24, 2.45) is 0 Å². The molecule has 1 heterocycles. The average molecular weight is 291 g/mol. The first-order valence-corrected chi connectivity index (χ1v) is 7.68. The zero-order valence-corrected chi connectivity index (χ0v) is 12.7. The van der Waals surface area contributed by atoms with Crippen LogP contribution in [0.3, 0.4) is 0 Å². The van der Waals surface area contributed by atoms with Gasteiger partial charge in [0.2, 0.25) is 0 Å². The molecular formula is C16H21NO2S. The Morgan fingerprint density at radius 1 is 1.25 bits per heavy atom. The summed E-state index contributed by atoms with van der Waals surface area (Å²) in [6.07, 6.45) is -0.517. The van der Waals surface area contributed by atoms with E-state index in [0.717, 1.165) is 11.3 Å². The van der Waals surface area contributed by atoms with Gasteiger partial charge >= 0.3 is 0 Å². The van der Waals surface area contributed by atoms with Gasteiger partial charge in [0.25, 0.3) is 0 Å². The van der Waals surface area contributed by atoms with E-state index in [9.17, 15) is 5.11 Å². The SMILES string of the molecule is Cc1ccccc1OCC(O)CN[C@H](C)c1cccs1. The van der Waals surface area contributed by atoms with Crippen LogP contribution in [0.5, 0.6) is 5.75 Å². The molecule has 0 fully saturated rings. The lowest BCUT2D eigenvalue weighted by atomic mass is 10.2. The van der Waals surface area contributed by atoms with Gasteiger partial charge in [0.1, 0.15) is 18.5 Å². The Hall–Kier alpha value is -1.36. The highest BCUT2D eigenvalue weighted by Gasteiger charge is 2.10. The molecule has 0 aliphatic carbocycles. The number of hydrogen-bond donors (Lipinski definition) is 2. The molecular weight excluding hydrogens is 270 g/mol. The molecule has 2 N–H and O–H groups in total. The third-order valence-corrected chi connectivity index (χ3v) is 4.21. The first-order chi connectivity index (χ1) is 9.66. The van der Waals surface area contributed by atoms with Crippen molar-refractivity contribution in [2.45, 2.75) is 26.0 Å². The van der Waals surface area contributed by atoms with E-state index in [0.29, 0.717) is 13.2 Å². The second-order valence-electron chi connectivity index (χ2n) is 4.88. The Bertz CT molecular complexity index is 513. The normalized spacial score (nSPS) is 13.9. The molecule has 108 valence electrons. The molecule has 1 aromatic heterocycles. The molecule has 2 rings (SSSR count). The van der Waals surface area contributed by atoms with Crippen molar-refractivity contribution in [3.63, 3.8) is 0 Å². The standard InChI is InChI=1S/C16H21NO2S/c1-12-6-3-4-7-15(12)19-11-14(18)10-17-13(2)16-8-5-9-20-16/h3-9,13-14,17-18H,10-11H2,1-2H3/t13-,14?/m1/s1. The van der Waals surface area contributed by atoms with Crippen molar-refractivity contribution in [3.05, 3.63) is 52.2 Å². The lowest BCUT2D eigenvalue weighted by Crippen LogP contribution is -2.32. The number of thiophene rings is 1. The van der Waals surface area contributed by atoms with E-state index in [4.69, 9.17) is 4.74 Å². The molecule has 0 spiro atoms. The number of ether oxygens (including phenoxy) is 1. The number of aryl methyl sites for hydroxylation is 1. The van der Waals surface area contributed by atoms with Gasteiger partial charge in [0, 0.05) is 17.5 Å². The van der Waals surface area contributed by atoms with E-state index < -0.39 is 6.10 Å². The van der Waals surface area contributed by atoms with Crippen molar-refractivity contribution < 1.29 is 9.84 Å². The second kappa shape index (κ2) is 7.43. The summed E-state index contributed by atoms with van der Waals surface area (Å²) in [6.45, 7) is 4.92. The quantitative estimate of drug-likeness (QED) is 0.823. The molecule has 0 aliphatic rings. The first kappa shape index (κ1) is 15.0. The maximum atomic E-state index is 9.96. The maximum absolute atomic E-state index is 9.96.